The maximum absolute atomic E-state index is 12.4. The zero-order valence-electron chi connectivity index (χ0n) is 9.90. The Morgan fingerprint density at radius 2 is 2.11 bits per heavy atom. The summed E-state index contributed by atoms with van der Waals surface area (Å²) in [6.45, 7) is 1.31. The molecular weight excluding hydrogens is 285 g/mol. The van der Waals surface area contributed by atoms with Gasteiger partial charge in [-0.05, 0) is 6.42 Å². The monoisotopic (exact) mass is 296 g/mol. The third-order valence-corrected chi connectivity index (χ3v) is 2.96. The predicted molar refractivity (Wildman–Crippen MR) is 60.9 cm³/mol. The van der Waals surface area contributed by atoms with Crippen LogP contribution >= 0.6 is 11.3 Å². The average molecular weight is 296 g/mol. The quantitative estimate of drug-likeness (QED) is 0.903. The SMILES string of the molecule is CCCN(CC(=O)O)C(=O)c1csc(C(F)(F)F)n1. The molecule has 0 unspecified atom stereocenters. The molecule has 106 valence electrons. The lowest BCUT2D eigenvalue weighted by Gasteiger charge is -2.18. The van der Waals surface area contributed by atoms with Crippen LogP contribution in [0.2, 0.25) is 0 Å². The van der Waals surface area contributed by atoms with Gasteiger partial charge in [0.05, 0.1) is 0 Å². The molecule has 0 spiro atoms. The number of hydrogen-bond donors (Lipinski definition) is 1. The van der Waals surface area contributed by atoms with E-state index in [1.807, 2.05) is 0 Å². The Balaban J connectivity index is 2.90. The first-order chi connectivity index (χ1) is 8.75. The van der Waals surface area contributed by atoms with E-state index in [-0.39, 0.29) is 12.2 Å². The Morgan fingerprint density at radius 3 is 2.53 bits per heavy atom. The van der Waals surface area contributed by atoms with Crippen molar-refractivity contribution in [2.24, 2.45) is 0 Å². The van der Waals surface area contributed by atoms with Crippen LogP contribution in [0.5, 0.6) is 0 Å². The number of carboxylic acids is 1. The molecule has 1 rings (SSSR count). The highest BCUT2D eigenvalue weighted by Crippen LogP contribution is 2.31. The summed E-state index contributed by atoms with van der Waals surface area (Å²) in [4.78, 5) is 26.6. The van der Waals surface area contributed by atoms with E-state index in [0.717, 1.165) is 10.3 Å². The minimum atomic E-state index is -4.61. The van der Waals surface area contributed by atoms with E-state index in [1.54, 1.807) is 6.92 Å². The van der Waals surface area contributed by atoms with Crippen LogP contribution in [-0.2, 0) is 11.0 Å². The Kier molecular flexibility index (Phi) is 4.87. The second-order valence-electron chi connectivity index (χ2n) is 3.66. The van der Waals surface area contributed by atoms with Crippen LogP contribution in [0, 0.1) is 0 Å². The first-order valence-electron chi connectivity index (χ1n) is 5.29. The van der Waals surface area contributed by atoms with E-state index in [9.17, 15) is 22.8 Å². The summed E-state index contributed by atoms with van der Waals surface area (Å²) in [5, 5.41) is 8.51. The first-order valence-corrected chi connectivity index (χ1v) is 6.17. The van der Waals surface area contributed by atoms with Crippen LogP contribution in [0.25, 0.3) is 0 Å². The summed E-state index contributed by atoms with van der Waals surface area (Å²) in [6, 6.07) is 0. The number of hydrogen-bond acceptors (Lipinski definition) is 4. The van der Waals surface area contributed by atoms with Crippen LogP contribution < -0.4 is 0 Å². The number of nitrogens with zero attached hydrogens (tertiary/aromatic N) is 2. The highest BCUT2D eigenvalue weighted by molar-refractivity contribution is 7.09. The van der Waals surface area contributed by atoms with Crippen molar-refractivity contribution in [3.63, 3.8) is 0 Å². The smallest absolute Gasteiger partial charge is 0.443 e. The summed E-state index contributed by atoms with van der Waals surface area (Å²) in [5.41, 5.74) is -0.382. The minimum absolute atomic E-state index is 0.143. The van der Waals surface area contributed by atoms with Gasteiger partial charge < -0.3 is 10.0 Å². The third-order valence-electron chi connectivity index (χ3n) is 2.07. The zero-order valence-corrected chi connectivity index (χ0v) is 10.7. The van der Waals surface area contributed by atoms with Gasteiger partial charge in [0.25, 0.3) is 5.91 Å². The number of carbonyl (C=O) groups excluding carboxylic acids is 1. The fourth-order valence-electron chi connectivity index (χ4n) is 1.35. The Morgan fingerprint density at radius 1 is 1.47 bits per heavy atom. The molecule has 0 aliphatic heterocycles. The predicted octanol–water partition coefficient (Wildman–Crippen LogP) is 2.10. The third kappa shape index (κ3) is 4.19. The molecule has 1 N–H and O–H groups in total. The molecule has 0 atom stereocenters. The molecule has 0 aromatic carbocycles. The van der Waals surface area contributed by atoms with Crippen LogP contribution in [0.15, 0.2) is 5.38 Å². The van der Waals surface area contributed by atoms with Crippen LogP contribution in [0.3, 0.4) is 0 Å². The number of rotatable bonds is 5. The highest BCUT2D eigenvalue weighted by Gasteiger charge is 2.35. The number of aliphatic carboxylic acids is 1. The molecule has 0 saturated heterocycles. The topological polar surface area (TPSA) is 70.5 Å². The van der Waals surface area contributed by atoms with Gasteiger partial charge in [-0.3, -0.25) is 9.59 Å². The number of halogens is 3. The number of alkyl halides is 3. The number of carboxylic acid groups (broad SMARTS) is 1. The van der Waals surface area contributed by atoms with Gasteiger partial charge in [0.2, 0.25) is 0 Å². The van der Waals surface area contributed by atoms with Gasteiger partial charge in [-0.15, -0.1) is 11.3 Å². The maximum Gasteiger partial charge on any atom is 0.443 e. The van der Waals surface area contributed by atoms with Gasteiger partial charge in [0.15, 0.2) is 5.01 Å². The maximum atomic E-state index is 12.4. The zero-order chi connectivity index (χ0) is 14.6. The molecule has 0 saturated carbocycles. The van der Waals surface area contributed by atoms with E-state index in [0.29, 0.717) is 17.8 Å². The molecule has 0 aliphatic rings. The molecule has 1 aromatic heterocycles. The standard InChI is InChI=1S/C10H11F3N2O3S/c1-2-3-15(4-7(16)17)8(18)6-5-19-9(14-6)10(11,12)13/h5H,2-4H2,1H3,(H,16,17). The molecule has 0 aliphatic carbocycles. The van der Waals surface area contributed by atoms with E-state index in [1.165, 1.54) is 0 Å². The van der Waals surface area contributed by atoms with E-state index >= 15 is 0 Å². The number of amides is 1. The highest BCUT2D eigenvalue weighted by atomic mass is 32.1. The number of carbonyl (C=O) groups is 2. The van der Waals surface area contributed by atoms with Crippen LogP contribution in [0.4, 0.5) is 13.2 Å². The van der Waals surface area contributed by atoms with E-state index in [2.05, 4.69) is 4.98 Å². The largest absolute Gasteiger partial charge is 0.480 e. The lowest BCUT2D eigenvalue weighted by atomic mass is 10.3. The summed E-state index contributed by atoms with van der Waals surface area (Å²) in [7, 11) is 0. The minimum Gasteiger partial charge on any atom is -0.480 e. The van der Waals surface area contributed by atoms with Crippen molar-refractivity contribution >= 4 is 23.2 Å². The van der Waals surface area contributed by atoms with Gasteiger partial charge in [0.1, 0.15) is 12.2 Å². The summed E-state index contributed by atoms with van der Waals surface area (Å²) < 4.78 is 37.1. The van der Waals surface area contributed by atoms with Crippen molar-refractivity contribution in [2.45, 2.75) is 19.5 Å². The number of thiazole rings is 1. The van der Waals surface area contributed by atoms with Crippen molar-refractivity contribution in [1.29, 1.82) is 0 Å². The van der Waals surface area contributed by atoms with E-state index < -0.39 is 29.6 Å². The van der Waals surface area contributed by atoms with E-state index in [4.69, 9.17) is 5.11 Å². The molecule has 1 aromatic rings. The summed E-state index contributed by atoms with van der Waals surface area (Å²) >= 11 is 0.308. The van der Waals surface area contributed by atoms with Crippen molar-refractivity contribution < 1.29 is 27.9 Å². The Hall–Kier alpha value is -1.64. The average Bonchev–Trinajstić information content (AvgIpc) is 2.75. The fourth-order valence-corrected chi connectivity index (χ4v) is 2.01. The molecule has 5 nitrogen and oxygen atoms in total. The first kappa shape index (κ1) is 15.4. The van der Waals surface area contributed by atoms with Crippen LogP contribution in [0.1, 0.15) is 28.8 Å². The van der Waals surface area contributed by atoms with Gasteiger partial charge in [-0.2, -0.15) is 13.2 Å². The van der Waals surface area contributed by atoms with Crippen molar-refractivity contribution in [1.82, 2.24) is 9.88 Å². The molecule has 1 heterocycles. The summed E-state index contributed by atoms with van der Waals surface area (Å²) in [6.07, 6.45) is -4.11. The molecule has 0 fully saturated rings. The fraction of sp³-hybridized carbons (Fsp3) is 0.500. The molecule has 0 radical (unpaired) electrons. The number of aromatic nitrogens is 1. The molecule has 19 heavy (non-hydrogen) atoms. The van der Waals surface area contributed by atoms with Crippen LogP contribution in [-0.4, -0.2) is 40.0 Å². The molecular formula is C10H11F3N2O3S. The van der Waals surface area contributed by atoms with Gasteiger partial charge in [-0.25, -0.2) is 4.98 Å². The second kappa shape index (κ2) is 6.00. The van der Waals surface area contributed by atoms with Gasteiger partial charge >= 0.3 is 12.1 Å². The molecule has 1 amide bonds. The van der Waals surface area contributed by atoms with Crippen molar-refractivity contribution in [3.8, 4) is 0 Å². The molecule has 0 bridgehead atoms. The van der Waals surface area contributed by atoms with Gasteiger partial charge in [-0.1, -0.05) is 6.92 Å². The normalized spacial score (nSPS) is 11.4. The molecule has 9 heteroatoms. The second-order valence-corrected chi connectivity index (χ2v) is 4.51. The van der Waals surface area contributed by atoms with Crippen molar-refractivity contribution in [3.05, 3.63) is 16.1 Å². The van der Waals surface area contributed by atoms with Crippen molar-refractivity contribution in [2.75, 3.05) is 13.1 Å². The lowest BCUT2D eigenvalue weighted by molar-refractivity contribution is -0.138. The summed E-state index contributed by atoms with van der Waals surface area (Å²) in [5.74, 6) is -2.04. The Labute approximate surface area is 110 Å². The Bertz CT molecular complexity index is 473. The lowest BCUT2D eigenvalue weighted by Crippen LogP contribution is -2.36. The van der Waals surface area contributed by atoms with Gasteiger partial charge in [0, 0.05) is 11.9 Å².